The molecule has 2 nitrogen and oxygen atoms in total. The molecule has 0 aromatic rings. The Balaban J connectivity index is 3.04. The van der Waals surface area contributed by atoms with Gasteiger partial charge in [0.05, 0.1) is 5.57 Å². The van der Waals surface area contributed by atoms with Gasteiger partial charge in [0.15, 0.2) is 0 Å². The highest BCUT2D eigenvalue weighted by Crippen LogP contribution is 2.32. The molecular weight excluding hydrogens is 229 g/mol. The fourth-order valence-corrected chi connectivity index (χ4v) is 1.74. The van der Waals surface area contributed by atoms with E-state index in [1.807, 2.05) is 18.7 Å². The number of amidine groups is 1. The van der Waals surface area contributed by atoms with Crippen molar-refractivity contribution in [1.82, 2.24) is 4.90 Å². The molecule has 0 saturated heterocycles. The summed E-state index contributed by atoms with van der Waals surface area (Å²) in [4.78, 5) is 5.93. The van der Waals surface area contributed by atoms with E-state index in [0.29, 0.717) is 12.3 Å². The summed E-state index contributed by atoms with van der Waals surface area (Å²) in [5.41, 5.74) is -0.414. The molecule has 1 aliphatic heterocycles. The molecule has 0 radical (unpaired) electrons. The van der Waals surface area contributed by atoms with Crippen LogP contribution in [0.2, 0.25) is 0 Å². The van der Waals surface area contributed by atoms with E-state index in [0.717, 1.165) is 19.3 Å². The molecule has 1 heterocycles. The Kier molecular flexibility index (Phi) is 4.37. The Bertz CT molecular complexity index is 360. The van der Waals surface area contributed by atoms with E-state index in [1.165, 1.54) is 6.92 Å². The summed E-state index contributed by atoms with van der Waals surface area (Å²) in [7, 11) is 0. The van der Waals surface area contributed by atoms with Crippen LogP contribution in [0, 0.1) is 0 Å². The van der Waals surface area contributed by atoms with E-state index in [9.17, 15) is 13.2 Å². The highest BCUT2D eigenvalue weighted by Gasteiger charge is 2.35. The van der Waals surface area contributed by atoms with Gasteiger partial charge in [0, 0.05) is 25.7 Å². The van der Waals surface area contributed by atoms with Gasteiger partial charge in [-0.25, -0.2) is 4.99 Å². The second kappa shape index (κ2) is 5.38. The van der Waals surface area contributed by atoms with E-state index in [4.69, 9.17) is 0 Å². The highest BCUT2D eigenvalue weighted by atomic mass is 19.4. The minimum atomic E-state index is -4.33. The number of aliphatic imine (C=N–C) groups is 1. The number of nitrogens with zero attached hydrogens (tertiary/aromatic N) is 2. The summed E-state index contributed by atoms with van der Waals surface area (Å²) in [6, 6.07) is 0. The van der Waals surface area contributed by atoms with Gasteiger partial charge >= 0.3 is 6.18 Å². The molecule has 1 aliphatic rings. The van der Waals surface area contributed by atoms with Crippen molar-refractivity contribution in [2.75, 3.05) is 13.1 Å². The Labute approximate surface area is 99.5 Å². The average Bonchev–Trinajstić information content (AvgIpc) is 2.42. The molecule has 0 aliphatic carbocycles. The molecule has 0 amide bonds. The molecule has 0 atom stereocenters. The van der Waals surface area contributed by atoms with Gasteiger partial charge in [-0.3, -0.25) is 0 Å². The van der Waals surface area contributed by atoms with Crippen molar-refractivity contribution < 1.29 is 13.2 Å². The van der Waals surface area contributed by atoms with Gasteiger partial charge in [0.2, 0.25) is 0 Å². The van der Waals surface area contributed by atoms with Crippen LogP contribution in [0.4, 0.5) is 13.2 Å². The first-order valence-corrected chi connectivity index (χ1v) is 5.66. The number of allylic oxidation sites excluding steroid dienone is 2. The number of hydrogen-bond donors (Lipinski definition) is 0. The lowest BCUT2D eigenvalue weighted by molar-refractivity contribution is -0.0894. The fraction of sp³-hybridized carbons (Fsp3) is 0.583. The van der Waals surface area contributed by atoms with Crippen LogP contribution in [0.15, 0.2) is 28.4 Å². The Hall–Kier alpha value is -1.26. The Morgan fingerprint density at radius 2 is 1.88 bits per heavy atom. The predicted octanol–water partition coefficient (Wildman–Crippen LogP) is 3.52. The topological polar surface area (TPSA) is 15.6 Å². The van der Waals surface area contributed by atoms with Crippen molar-refractivity contribution >= 4 is 5.84 Å². The molecular formula is C12H17F3N2. The third-order valence-corrected chi connectivity index (χ3v) is 2.79. The summed E-state index contributed by atoms with van der Waals surface area (Å²) in [6.07, 6.45) is -1.36. The second-order valence-corrected chi connectivity index (χ2v) is 3.85. The minimum Gasteiger partial charge on any atom is -0.360 e. The molecule has 0 fully saturated rings. The number of alkyl halides is 3. The molecule has 5 heteroatoms. The zero-order chi connectivity index (χ0) is 13.1. The van der Waals surface area contributed by atoms with E-state index in [-0.39, 0.29) is 5.57 Å². The SMILES string of the molecule is CCN(CC)C1=NC=C(C(F)(F)F)C(C)=CC1. The quantitative estimate of drug-likeness (QED) is 0.727. The first-order valence-electron chi connectivity index (χ1n) is 5.66. The number of hydrogen-bond acceptors (Lipinski definition) is 2. The molecule has 96 valence electrons. The maximum atomic E-state index is 12.7. The van der Waals surface area contributed by atoms with Gasteiger partial charge in [-0.15, -0.1) is 0 Å². The molecule has 0 saturated carbocycles. The van der Waals surface area contributed by atoms with Crippen LogP contribution < -0.4 is 0 Å². The summed E-state index contributed by atoms with van der Waals surface area (Å²) < 4.78 is 38.0. The normalized spacial score (nSPS) is 16.9. The molecule has 0 N–H and O–H groups in total. The third kappa shape index (κ3) is 3.35. The lowest BCUT2D eigenvalue weighted by atomic mass is 10.1. The van der Waals surface area contributed by atoms with Crippen LogP contribution in [0.3, 0.4) is 0 Å². The van der Waals surface area contributed by atoms with Gasteiger partial charge in [-0.1, -0.05) is 6.08 Å². The largest absolute Gasteiger partial charge is 0.418 e. The van der Waals surface area contributed by atoms with Gasteiger partial charge in [-0.2, -0.15) is 13.2 Å². The van der Waals surface area contributed by atoms with E-state index in [2.05, 4.69) is 4.99 Å². The molecule has 0 aromatic carbocycles. The van der Waals surface area contributed by atoms with E-state index in [1.54, 1.807) is 6.08 Å². The first-order chi connectivity index (χ1) is 7.90. The van der Waals surface area contributed by atoms with Crippen molar-refractivity contribution in [2.24, 2.45) is 4.99 Å². The standard InChI is InChI=1S/C12H17F3N2/c1-4-17(5-2)11-7-6-9(3)10(8-16-11)12(13,14)15/h6,8H,4-5,7H2,1-3H3. The first kappa shape index (κ1) is 13.8. The molecule has 0 bridgehead atoms. The van der Waals surface area contributed by atoms with Gasteiger partial charge in [-0.05, 0) is 26.3 Å². The highest BCUT2D eigenvalue weighted by molar-refractivity contribution is 5.85. The lowest BCUT2D eigenvalue weighted by Gasteiger charge is -2.21. The summed E-state index contributed by atoms with van der Waals surface area (Å²) >= 11 is 0. The van der Waals surface area contributed by atoms with Crippen molar-refractivity contribution in [2.45, 2.75) is 33.4 Å². The van der Waals surface area contributed by atoms with Crippen LogP contribution in [-0.4, -0.2) is 30.0 Å². The van der Waals surface area contributed by atoms with Crippen LogP contribution in [0.1, 0.15) is 27.2 Å². The molecule has 0 unspecified atom stereocenters. The van der Waals surface area contributed by atoms with Crippen molar-refractivity contribution in [1.29, 1.82) is 0 Å². The maximum Gasteiger partial charge on any atom is 0.418 e. The molecule has 1 rings (SSSR count). The van der Waals surface area contributed by atoms with Crippen molar-refractivity contribution in [3.63, 3.8) is 0 Å². The summed E-state index contributed by atoms with van der Waals surface area (Å²) in [5.74, 6) is 0.689. The lowest BCUT2D eigenvalue weighted by Crippen LogP contribution is -2.29. The molecule has 0 aromatic heterocycles. The Morgan fingerprint density at radius 1 is 1.29 bits per heavy atom. The monoisotopic (exact) mass is 246 g/mol. The molecule has 0 spiro atoms. The number of rotatable bonds is 2. The zero-order valence-electron chi connectivity index (χ0n) is 10.3. The zero-order valence-corrected chi connectivity index (χ0v) is 10.3. The van der Waals surface area contributed by atoms with E-state index < -0.39 is 11.7 Å². The van der Waals surface area contributed by atoms with Crippen LogP contribution >= 0.6 is 0 Å². The summed E-state index contributed by atoms with van der Waals surface area (Å²) in [6.45, 7) is 6.89. The average molecular weight is 246 g/mol. The van der Waals surface area contributed by atoms with E-state index >= 15 is 0 Å². The Morgan fingerprint density at radius 3 is 2.35 bits per heavy atom. The minimum absolute atomic E-state index is 0.239. The van der Waals surface area contributed by atoms with Crippen LogP contribution in [0.5, 0.6) is 0 Å². The van der Waals surface area contributed by atoms with Crippen molar-refractivity contribution in [3.05, 3.63) is 23.4 Å². The summed E-state index contributed by atoms with van der Waals surface area (Å²) in [5, 5.41) is 0. The van der Waals surface area contributed by atoms with Crippen molar-refractivity contribution in [3.8, 4) is 0 Å². The van der Waals surface area contributed by atoms with Gasteiger partial charge < -0.3 is 4.90 Å². The molecule has 17 heavy (non-hydrogen) atoms. The maximum absolute atomic E-state index is 12.7. The van der Waals surface area contributed by atoms with Crippen LogP contribution in [0.25, 0.3) is 0 Å². The van der Waals surface area contributed by atoms with Crippen LogP contribution in [-0.2, 0) is 0 Å². The number of halogens is 3. The smallest absolute Gasteiger partial charge is 0.360 e. The van der Waals surface area contributed by atoms with Gasteiger partial charge in [0.25, 0.3) is 0 Å². The predicted molar refractivity (Wildman–Crippen MR) is 62.9 cm³/mol. The fourth-order valence-electron chi connectivity index (χ4n) is 1.74. The third-order valence-electron chi connectivity index (χ3n) is 2.79. The van der Waals surface area contributed by atoms with Gasteiger partial charge in [0.1, 0.15) is 5.84 Å². The second-order valence-electron chi connectivity index (χ2n) is 3.85.